The molecule has 0 bridgehead atoms. The van der Waals surface area contributed by atoms with Crippen molar-refractivity contribution in [2.45, 2.75) is 20.5 Å². The molecule has 0 radical (unpaired) electrons. The van der Waals surface area contributed by atoms with Crippen molar-refractivity contribution in [1.29, 1.82) is 0 Å². The van der Waals surface area contributed by atoms with Gasteiger partial charge in [-0.3, -0.25) is 0 Å². The summed E-state index contributed by atoms with van der Waals surface area (Å²) in [6, 6.07) is 16.7. The van der Waals surface area contributed by atoms with Crippen LogP contribution in [0.1, 0.15) is 22.4 Å². The molecular weight excluding hydrogens is 366 g/mol. The summed E-state index contributed by atoms with van der Waals surface area (Å²) in [4.78, 5) is 28.5. The molecule has 2 aromatic heterocycles. The van der Waals surface area contributed by atoms with Crippen LogP contribution in [-0.2, 0) is 16.1 Å². The van der Waals surface area contributed by atoms with E-state index >= 15 is 0 Å². The number of hydrogen-bond acceptors (Lipinski definition) is 5. The number of aryl methyl sites for hydroxylation is 2. The fraction of sp³-hybridized carbons (Fsp3) is 0.125. The fourth-order valence-corrected chi connectivity index (χ4v) is 3.13. The number of benzene rings is 2. The first kappa shape index (κ1) is 18.6. The summed E-state index contributed by atoms with van der Waals surface area (Å²) in [5, 5.41) is 1.80. The summed E-state index contributed by atoms with van der Waals surface area (Å²) in [6.07, 6.45) is 2.94. The average Bonchev–Trinajstić information content (AvgIpc) is 2.71. The molecule has 4 aromatic rings. The Hall–Kier alpha value is -3.73. The molecule has 0 spiro atoms. The number of pyridine rings is 1. The number of para-hydroxylation sites is 1. The zero-order valence-corrected chi connectivity index (χ0v) is 16.1. The van der Waals surface area contributed by atoms with Crippen LogP contribution in [0, 0.1) is 13.8 Å². The smallest absolute Gasteiger partial charge is 0.336 e. The van der Waals surface area contributed by atoms with Crippen LogP contribution >= 0.6 is 0 Å². The summed E-state index contributed by atoms with van der Waals surface area (Å²) >= 11 is 0. The van der Waals surface area contributed by atoms with Crippen molar-refractivity contribution in [3.05, 3.63) is 93.5 Å². The maximum atomic E-state index is 12.2. The summed E-state index contributed by atoms with van der Waals surface area (Å²) in [6.45, 7) is 3.92. The van der Waals surface area contributed by atoms with E-state index in [1.54, 1.807) is 6.08 Å². The van der Waals surface area contributed by atoms with Crippen molar-refractivity contribution in [3.8, 4) is 0 Å². The number of rotatable bonds is 4. The number of aromatic nitrogens is 1. The molecule has 0 aliphatic rings. The monoisotopic (exact) mass is 385 g/mol. The summed E-state index contributed by atoms with van der Waals surface area (Å²) in [7, 11) is 0. The van der Waals surface area contributed by atoms with Crippen molar-refractivity contribution in [1.82, 2.24) is 4.98 Å². The second-order valence-electron chi connectivity index (χ2n) is 6.89. The Bertz CT molecular complexity index is 1320. The third-order valence-corrected chi connectivity index (χ3v) is 4.82. The van der Waals surface area contributed by atoms with Crippen molar-refractivity contribution >= 4 is 33.9 Å². The molecule has 0 fully saturated rings. The van der Waals surface area contributed by atoms with Gasteiger partial charge in [0.15, 0.2) is 0 Å². The molecule has 0 amide bonds. The number of fused-ring (bicyclic) bond motifs is 2. The summed E-state index contributed by atoms with van der Waals surface area (Å²) in [5.74, 6) is -0.509. The zero-order chi connectivity index (χ0) is 20.4. The Morgan fingerprint density at radius 2 is 1.86 bits per heavy atom. The van der Waals surface area contributed by atoms with E-state index in [2.05, 4.69) is 4.98 Å². The Balaban J connectivity index is 1.51. The minimum atomic E-state index is -0.509. The van der Waals surface area contributed by atoms with E-state index in [-0.39, 0.29) is 6.61 Å². The number of esters is 1. The van der Waals surface area contributed by atoms with E-state index in [1.807, 2.05) is 62.4 Å². The summed E-state index contributed by atoms with van der Waals surface area (Å²) < 4.78 is 10.6. The maximum Gasteiger partial charge on any atom is 0.336 e. The van der Waals surface area contributed by atoms with Gasteiger partial charge in [-0.15, -0.1) is 0 Å². The van der Waals surface area contributed by atoms with Gasteiger partial charge in [-0.25, -0.2) is 14.6 Å². The fourth-order valence-electron chi connectivity index (χ4n) is 3.13. The first-order valence-corrected chi connectivity index (χ1v) is 9.24. The third-order valence-electron chi connectivity index (χ3n) is 4.82. The van der Waals surface area contributed by atoms with Gasteiger partial charge in [-0.2, -0.15) is 0 Å². The van der Waals surface area contributed by atoms with Gasteiger partial charge in [0.1, 0.15) is 12.2 Å². The molecule has 2 heterocycles. The van der Waals surface area contributed by atoms with Crippen LogP contribution < -0.4 is 5.63 Å². The van der Waals surface area contributed by atoms with Crippen LogP contribution in [0.4, 0.5) is 0 Å². The van der Waals surface area contributed by atoms with E-state index in [4.69, 9.17) is 9.15 Å². The average molecular weight is 385 g/mol. The van der Waals surface area contributed by atoms with Crippen LogP contribution in [0.3, 0.4) is 0 Å². The van der Waals surface area contributed by atoms with Crippen LogP contribution in [0.5, 0.6) is 0 Å². The van der Waals surface area contributed by atoms with Gasteiger partial charge in [0.2, 0.25) is 0 Å². The molecule has 29 heavy (non-hydrogen) atoms. The summed E-state index contributed by atoms with van der Waals surface area (Å²) in [5.41, 5.74) is 4.26. The Labute approximate surface area is 167 Å². The predicted octanol–water partition coefficient (Wildman–Crippen LogP) is 4.71. The van der Waals surface area contributed by atoms with E-state index in [1.165, 1.54) is 12.1 Å². The molecule has 0 aliphatic heterocycles. The van der Waals surface area contributed by atoms with E-state index in [0.717, 1.165) is 27.4 Å². The number of hydrogen-bond donors (Lipinski definition) is 0. The highest BCUT2D eigenvalue weighted by molar-refractivity contribution is 5.88. The van der Waals surface area contributed by atoms with Crippen molar-refractivity contribution in [2.75, 3.05) is 0 Å². The SMILES string of the molecule is Cc1cc2oc(=O)cc(COC(=O)/C=C/c3ccc4ccccc4n3)c2cc1C. The first-order chi connectivity index (χ1) is 14.0. The molecule has 0 N–H and O–H groups in total. The van der Waals surface area contributed by atoms with E-state index in [0.29, 0.717) is 16.8 Å². The van der Waals surface area contributed by atoms with Gasteiger partial charge >= 0.3 is 11.6 Å². The van der Waals surface area contributed by atoms with Crippen LogP contribution in [-0.4, -0.2) is 11.0 Å². The quantitative estimate of drug-likeness (QED) is 0.289. The molecule has 144 valence electrons. The number of carbonyl (C=O) groups excluding carboxylic acids is 1. The molecule has 0 atom stereocenters. The Morgan fingerprint density at radius 3 is 2.72 bits per heavy atom. The van der Waals surface area contributed by atoms with Crippen LogP contribution in [0.25, 0.3) is 27.9 Å². The van der Waals surface area contributed by atoms with E-state index < -0.39 is 11.6 Å². The van der Waals surface area contributed by atoms with Gasteiger partial charge in [0, 0.05) is 28.5 Å². The number of carbonyl (C=O) groups is 1. The molecule has 5 nitrogen and oxygen atoms in total. The number of ether oxygens (including phenoxy) is 1. The second-order valence-corrected chi connectivity index (χ2v) is 6.89. The standard InChI is InChI=1S/C24H19NO4/c1-15-11-20-18(13-24(27)29-22(20)12-16(15)2)14-28-23(26)10-9-19-8-7-17-5-3-4-6-21(17)25-19/h3-13H,14H2,1-2H3/b10-9+. The minimum absolute atomic E-state index is 0.0150. The molecule has 0 unspecified atom stereocenters. The highest BCUT2D eigenvalue weighted by Crippen LogP contribution is 2.22. The lowest BCUT2D eigenvalue weighted by Crippen LogP contribution is -2.06. The van der Waals surface area contributed by atoms with Crippen LogP contribution in [0.15, 0.2) is 69.9 Å². The van der Waals surface area contributed by atoms with Crippen molar-refractivity contribution < 1.29 is 13.9 Å². The third kappa shape index (κ3) is 4.09. The van der Waals surface area contributed by atoms with Gasteiger partial charge < -0.3 is 9.15 Å². The molecule has 2 aromatic carbocycles. The highest BCUT2D eigenvalue weighted by atomic mass is 16.5. The zero-order valence-electron chi connectivity index (χ0n) is 16.1. The lowest BCUT2D eigenvalue weighted by atomic mass is 10.0. The molecule has 5 heteroatoms. The van der Waals surface area contributed by atoms with Crippen molar-refractivity contribution in [2.24, 2.45) is 0 Å². The minimum Gasteiger partial charge on any atom is -0.458 e. The topological polar surface area (TPSA) is 69.4 Å². The molecular formula is C24H19NO4. The maximum absolute atomic E-state index is 12.2. The van der Waals surface area contributed by atoms with Gasteiger partial charge in [-0.1, -0.05) is 24.3 Å². The molecule has 0 saturated carbocycles. The largest absolute Gasteiger partial charge is 0.458 e. The van der Waals surface area contributed by atoms with Gasteiger partial charge in [0.25, 0.3) is 0 Å². The lowest BCUT2D eigenvalue weighted by molar-refractivity contribution is -0.138. The molecule has 0 aliphatic carbocycles. The van der Waals surface area contributed by atoms with Gasteiger partial charge in [-0.05, 0) is 55.3 Å². The van der Waals surface area contributed by atoms with Gasteiger partial charge in [0.05, 0.1) is 11.2 Å². The normalized spacial score (nSPS) is 11.4. The Kier molecular flexibility index (Phi) is 4.96. The van der Waals surface area contributed by atoms with Crippen molar-refractivity contribution in [3.63, 3.8) is 0 Å². The highest BCUT2D eigenvalue weighted by Gasteiger charge is 2.09. The predicted molar refractivity (Wildman–Crippen MR) is 113 cm³/mol. The van der Waals surface area contributed by atoms with E-state index in [9.17, 15) is 9.59 Å². The van der Waals surface area contributed by atoms with Crippen LogP contribution in [0.2, 0.25) is 0 Å². The molecule has 4 rings (SSSR count). The number of nitrogens with zero attached hydrogens (tertiary/aromatic N) is 1. The second kappa shape index (κ2) is 7.72. The lowest BCUT2D eigenvalue weighted by Gasteiger charge is -2.08. The molecule has 0 saturated heterocycles. The first-order valence-electron chi connectivity index (χ1n) is 9.24. The Morgan fingerprint density at radius 1 is 1.07 bits per heavy atom.